The number of esters is 1. The van der Waals surface area contributed by atoms with Gasteiger partial charge in [0.1, 0.15) is 13.0 Å². The van der Waals surface area contributed by atoms with Crippen molar-refractivity contribution in [3.8, 4) is 0 Å². The Morgan fingerprint density at radius 3 is 2.27 bits per heavy atom. The Morgan fingerprint density at radius 2 is 1.71 bits per heavy atom. The van der Waals surface area contributed by atoms with Gasteiger partial charge < -0.3 is 22.9 Å². The molecule has 9 nitrogen and oxygen atoms in total. The third-order valence-corrected chi connectivity index (χ3v) is 19.7. The number of hydrogen-bond donors (Lipinski definition) is 0. The Balaban J connectivity index is 1.85. The van der Waals surface area contributed by atoms with Crippen molar-refractivity contribution in [2.45, 2.75) is 129 Å². The Morgan fingerprint density at radius 1 is 1.08 bits per heavy atom. The van der Waals surface area contributed by atoms with E-state index in [9.17, 15) is 18.9 Å². The minimum atomic E-state index is -3.58. The number of carbonyl (C=O) groups is 3. The molecule has 4 rings (SSSR count). The number of fused-ring (bicyclic) bond motifs is 5. The lowest BCUT2D eigenvalue weighted by Crippen LogP contribution is -2.71. The summed E-state index contributed by atoms with van der Waals surface area (Å²) in [6.07, 6.45) is 6.91. The number of hydrogen-bond acceptors (Lipinski definition) is 9. The zero-order chi connectivity index (χ0) is 36.1. The summed E-state index contributed by atoms with van der Waals surface area (Å²) in [6, 6.07) is 0. The van der Waals surface area contributed by atoms with E-state index in [1.54, 1.807) is 26.8 Å². The molecule has 0 aromatic heterocycles. The molecular weight excluding hydrogens is 671 g/mol. The predicted octanol–water partition coefficient (Wildman–Crippen LogP) is 8.40. The van der Waals surface area contributed by atoms with Crippen LogP contribution in [0.1, 0.15) is 94.4 Å². The molecule has 0 bridgehead atoms. The summed E-state index contributed by atoms with van der Waals surface area (Å²) in [5.41, 5.74) is -2.04. The summed E-state index contributed by atoms with van der Waals surface area (Å²) in [5.74, 6) is -1.41. The molecule has 0 N–H and O–H groups in total. The SMILES string of the molecule is CCOP(=O)(COCC(=O)[C@@]1(OC(=O)CC)[C@@H](C)C[C@H]2[C@@H]3CC=C4CC(=O)C=C[C@]4(C)[C@@]3(Cl)[C@@H](O[Si](C)(C)C(C)(C)C)C[C@@]21C)OCC. The molecule has 2 saturated carbocycles. The Bertz CT molecular complexity index is 1380. The average Bonchev–Trinajstić information content (AvgIpc) is 3.19. The molecule has 0 aromatic carbocycles. The van der Waals surface area contributed by atoms with Crippen LogP contribution in [0.3, 0.4) is 0 Å². The number of halogens is 1. The number of allylic oxidation sites excluding steroid dienone is 4. The third-order valence-electron chi connectivity index (χ3n) is 12.5. The molecular formula is C36H58ClO9PSi. The van der Waals surface area contributed by atoms with Gasteiger partial charge in [-0.1, -0.05) is 66.2 Å². The molecule has 0 radical (unpaired) electrons. The highest BCUT2D eigenvalue weighted by atomic mass is 35.5. The zero-order valence-electron chi connectivity index (χ0n) is 30.9. The fraction of sp³-hybridized carbons (Fsp3) is 0.806. The largest absolute Gasteiger partial charge is 0.450 e. The quantitative estimate of drug-likeness (QED) is 0.0606. The molecule has 2 fully saturated rings. The van der Waals surface area contributed by atoms with E-state index in [0.717, 1.165) is 5.57 Å². The third kappa shape index (κ3) is 6.32. The average molecular weight is 729 g/mol. The van der Waals surface area contributed by atoms with Crippen LogP contribution >= 0.6 is 19.2 Å². The predicted molar refractivity (Wildman–Crippen MR) is 190 cm³/mol. The molecule has 0 amide bonds. The number of alkyl halides is 1. The van der Waals surface area contributed by atoms with Crippen molar-refractivity contribution in [2.75, 3.05) is 26.2 Å². The van der Waals surface area contributed by atoms with Crippen molar-refractivity contribution in [3.05, 3.63) is 23.8 Å². The lowest BCUT2D eigenvalue weighted by molar-refractivity contribution is -0.201. The maximum atomic E-state index is 14.7. The van der Waals surface area contributed by atoms with Crippen LogP contribution in [-0.4, -0.2) is 68.6 Å². The molecule has 4 aliphatic rings. The summed E-state index contributed by atoms with van der Waals surface area (Å²) in [6.45, 7) is 22.2. The first-order valence-electron chi connectivity index (χ1n) is 17.6. The number of ketones is 2. The highest BCUT2D eigenvalue weighted by Gasteiger charge is 2.76. The van der Waals surface area contributed by atoms with Crippen LogP contribution in [0.25, 0.3) is 0 Å². The van der Waals surface area contributed by atoms with Crippen LogP contribution in [0.5, 0.6) is 0 Å². The summed E-state index contributed by atoms with van der Waals surface area (Å²) in [4.78, 5) is 39.7. The molecule has 0 spiro atoms. The van der Waals surface area contributed by atoms with Crippen LogP contribution in [-0.2, 0) is 41.9 Å². The van der Waals surface area contributed by atoms with E-state index in [1.165, 1.54) is 0 Å². The summed E-state index contributed by atoms with van der Waals surface area (Å²) in [5, 5.41) is -0.131. The monoisotopic (exact) mass is 728 g/mol. The van der Waals surface area contributed by atoms with E-state index in [4.69, 9.17) is 34.5 Å². The minimum Gasteiger partial charge on any atom is -0.450 e. The van der Waals surface area contributed by atoms with Gasteiger partial charge >= 0.3 is 13.6 Å². The van der Waals surface area contributed by atoms with Gasteiger partial charge in [-0.25, -0.2) is 0 Å². The van der Waals surface area contributed by atoms with Crippen molar-refractivity contribution in [3.63, 3.8) is 0 Å². The zero-order valence-corrected chi connectivity index (χ0v) is 33.6. The molecule has 4 aliphatic carbocycles. The maximum absolute atomic E-state index is 14.7. The van der Waals surface area contributed by atoms with Gasteiger partial charge in [-0.2, -0.15) is 0 Å². The van der Waals surface area contributed by atoms with Crippen LogP contribution in [0.15, 0.2) is 23.8 Å². The van der Waals surface area contributed by atoms with E-state index in [0.29, 0.717) is 25.7 Å². The molecule has 48 heavy (non-hydrogen) atoms. The molecule has 272 valence electrons. The normalized spacial score (nSPS) is 36.6. The van der Waals surface area contributed by atoms with Gasteiger partial charge in [-0.15, -0.1) is 11.6 Å². The van der Waals surface area contributed by atoms with Crippen molar-refractivity contribution in [1.82, 2.24) is 0 Å². The van der Waals surface area contributed by atoms with Crippen LogP contribution < -0.4 is 0 Å². The highest BCUT2D eigenvalue weighted by Crippen LogP contribution is 2.72. The Labute approximate surface area is 293 Å². The number of ether oxygens (including phenoxy) is 2. The first-order valence-corrected chi connectivity index (χ1v) is 22.6. The fourth-order valence-electron chi connectivity index (χ4n) is 9.04. The highest BCUT2D eigenvalue weighted by molar-refractivity contribution is 7.53. The summed E-state index contributed by atoms with van der Waals surface area (Å²) < 4.78 is 43.5. The van der Waals surface area contributed by atoms with Crippen LogP contribution in [0, 0.1) is 28.6 Å². The van der Waals surface area contributed by atoms with Gasteiger partial charge in [0.15, 0.2) is 19.7 Å². The lowest BCUT2D eigenvalue weighted by Gasteiger charge is -2.65. The molecule has 0 aliphatic heterocycles. The fourth-order valence-corrected chi connectivity index (χ4v) is 12.3. The van der Waals surface area contributed by atoms with Crippen molar-refractivity contribution in [1.29, 1.82) is 0 Å². The topological polar surface area (TPSA) is 114 Å². The van der Waals surface area contributed by atoms with Crippen LogP contribution in [0.4, 0.5) is 0 Å². The van der Waals surface area contributed by atoms with E-state index < -0.39 is 62.2 Å². The molecule has 0 saturated heterocycles. The van der Waals surface area contributed by atoms with Gasteiger partial charge in [0.2, 0.25) is 5.78 Å². The van der Waals surface area contributed by atoms with Gasteiger partial charge in [0.05, 0.1) is 24.2 Å². The minimum absolute atomic E-state index is 0.0590. The second-order valence-corrected chi connectivity index (χ2v) is 23.5. The summed E-state index contributed by atoms with van der Waals surface area (Å²) in [7, 11) is -6.03. The first kappa shape index (κ1) is 39.6. The van der Waals surface area contributed by atoms with E-state index in [2.05, 4.69) is 53.8 Å². The van der Waals surface area contributed by atoms with Crippen LogP contribution in [0.2, 0.25) is 18.1 Å². The van der Waals surface area contributed by atoms with Crippen molar-refractivity contribution < 1.29 is 41.9 Å². The smallest absolute Gasteiger partial charge is 0.356 e. The second-order valence-electron chi connectivity index (χ2n) is 16.2. The lowest BCUT2D eigenvalue weighted by atomic mass is 9.46. The first-order chi connectivity index (χ1) is 22.1. The molecule has 0 aromatic rings. The Kier molecular flexibility index (Phi) is 11.4. The van der Waals surface area contributed by atoms with Gasteiger partial charge in [0.25, 0.3) is 0 Å². The molecule has 0 unspecified atom stereocenters. The second kappa shape index (κ2) is 13.8. The summed E-state index contributed by atoms with van der Waals surface area (Å²) >= 11 is 8.15. The molecule has 12 heteroatoms. The molecule has 8 atom stereocenters. The van der Waals surface area contributed by atoms with E-state index >= 15 is 0 Å². The number of rotatable bonds is 13. The number of carbonyl (C=O) groups excluding carboxylic acids is 3. The number of Topliss-reactive ketones (excluding diaryl/α,β-unsaturated/α-hetero) is 1. The molecule has 0 heterocycles. The van der Waals surface area contributed by atoms with Crippen molar-refractivity contribution in [2.24, 2.45) is 28.6 Å². The van der Waals surface area contributed by atoms with Crippen molar-refractivity contribution >= 4 is 45.0 Å². The standard InChI is InChI=1S/C36H58ClO9PSi/c1-12-31(40)45-36(29(39)22-42-23-47(41,43-13-2)44-14-3)24(4)19-28-27-16-15-25-20-26(38)17-18-33(25,8)35(27,37)30(21-34(28,36)9)46-48(10,11)32(5,6)7/h15,17-18,24,27-28,30H,12-14,16,19-23H2,1-11H3/t24-,27-,28-,30-,33-,34-,35-,36-/m0/s1. The van der Waals surface area contributed by atoms with Gasteiger partial charge in [-0.05, 0) is 69.2 Å². The van der Waals surface area contributed by atoms with E-state index in [1.807, 2.05) is 13.0 Å². The van der Waals surface area contributed by atoms with Gasteiger partial charge in [-0.3, -0.25) is 18.9 Å². The van der Waals surface area contributed by atoms with Gasteiger partial charge in [0, 0.05) is 29.6 Å². The Hall–Kier alpha value is -1.13. The maximum Gasteiger partial charge on any atom is 0.356 e. The van der Waals surface area contributed by atoms with E-state index in [-0.39, 0.29) is 54.0 Å².